The third kappa shape index (κ3) is 5.35. The third-order valence-corrected chi connectivity index (χ3v) is 8.66. The van der Waals surface area contributed by atoms with Crippen molar-refractivity contribution in [3.63, 3.8) is 0 Å². The first-order valence-corrected chi connectivity index (χ1v) is 16.0. The molecule has 9 rings (SSSR count). The molecule has 49 heavy (non-hydrogen) atoms. The number of benzene rings is 7. The summed E-state index contributed by atoms with van der Waals surface area (Å²) in [5.41, 5.74) is 8.34. The van der Waals surface area contributed by atoms with Gasteiger partial charge in [0.25, 0.3) is 0 Å². The van der Waals surface area contributed by atoms with Gasteiger partial charge in [0.2, 0.25) is 0 Å². The van der Waals surface area contributed by atoms with Gasteiger partial charge in [0.15, 0.2) is 17.5 Å². The smallest absolute Gasteiger partial charge is 0.164 e. The maximum absolute atomic E-state index is 8.64. The zero-order valence-electron chi connectivity index (χ0n) is 31.1. The van der Waals surface area contributed by atoms with E-state index in [4.69, 9.17) is 26.2 Å². The van der Waals surface area contributed by atoms with Crippen molar-refractivity contribution in [3.8, 4) is 67.5 Å². The molecule has 4 nitrogen and oxygen atoms in total. The van der Waals surface area contributed by atoms with Crippen LogP contribution in [0.15, 0.2) is 180 Å². The van der Waals surface area contributed by atoms with E-state index in [1.807, 2.05) is 91.0 Å². The summed E-state index contributed by atoms with van der Waals surface area (Å²) >= 11 is 0. The molecule has 0 atom stereocenters. The lowest BCUT2D eigenvalue weighted by atomic mass is 9.98. The van der Waals surface area contributed by atoms with Crippen LogP contribution in [0.2, 0.25) is 0 Å². The van der Waals surface area contributed by atoms with Crippen LogP contribution in [-0.2, 0) is 0 Å². The van der Waals surface area contributed by atoms with E-state index in [-0.39, 0.29) is 29.7 Å². The molecule has 230 valence electrons. The van der Waals surface area contributed by atoms with Gasteiger partial charge in [0, 0.05) is 27.5 Å². The van der Waals surface area contributed by atoms with Crippen LogP contribution in [-0.4, -0.2) is 15.0 Å². The predicted octanol–water partition coefficient (Wildman–Crippen LogP) is 11.8. The molecule has 9 aromatic rings. The SMILES string of the molecule is [2H]c1c([2H])c([2H])c(-c2cccc3oc4cc(-c5nc(-c6ccc(-c7ccccc7)cc6)nc(-c6ccccc6-c6ccccc6)n5)ccc4c23)c([2H])c1[2H]. The van der Waals surface area contributed by atoms with Crippen molar-refractivity contribution in [2.24, 2.45) is 0 Å². The summed E-state index contributed by atoms with van der Waals surface area (Å²) in [6.07, 6.45) is 0. The third-order valence-electron chi connectivity index (χ3n) is 8.66. The Balaban J connectivity index is 1.22. The normalized spacial score (nSPS) is 12.7. The average Bonchev–Trinajstić information content (AvgIpc) is 3.61. The lowest BCUT2D eigenvalue weighted by molar-refractivity contribution is 0.669. The van der Waals surface area contributed by atoms with Gasteiger partial charge in [-0.1, -0.05) is 158 Å². The Morgan fingerprint density at radius 3 is 1.71 bits per heavy atom. The summed E-state index contributed by atoms with van der Waals surface area (Å²) in [5.74, 6) is 1.50. The zero-order chi connectivity index (χ0) is 36.9. The second-order valence-corrected chi connectivity index (χ2v) is 11.7. The summed E-state index contributed by atoms with van der Waals surface area (Å²) < 4.78 is 48.3. The van der Waals surface area contributed by atoms with Crippen molar-refractivity contribution >= 4 is 21.9 Å². The molecule has 0 aliphatic heterocycles. The molecule has 0 aliphatic carbocycles. The Bertz CT molecular complexity index is 2850. The summed E-state index contributed by atoms with van der Waals surface area (Å²) in [6.45, 7) is 0. The minimum absolute atomic E-state index is 0.125. The Kier molecular flexibility index (Phi) is 5.87. The van der Waals surface area contributed by atoms with Crippen LogP contribution in [0.25, 0.3) is 89.5 Å². The molecule has 0 amide bonds. The van der Waals surface area contributed by atoms with Crippen LogP contribution < -0.4 is 0 Å². The van der Waals surface area contributed by atoms with E-state index >= 15 is 0 Å². The number of hydrogen-bond donors (Lipinski definition) is 0. The molecule has 2 aromatic heterocycles. The molecular formula is C45H29N3O. The summed E-state index contributed by atoms with van der Waals surface area (Å²) in [5, 5.41) is 1.39. The number of rotatable bonds is 6. The minimum Gasteiger partial charge on any atom is -0.456 e. The molecule has 0 bridgehead atoms. The Morgan fingerprint density at radius 2 is 0.959 bits per heavy atom. The van der Waals surface area contributed by atoms with E-state index in [9.17, 15) is 0 Å². The molecule has 7 aromatic carbocycles. The van der Waals surface area contributed by atoms with E-state index in [1.165, 1.54) is 0 Å². The maximum Gasteiger partial charge on any atom is 0.164 e. The Hall–Kier alpha value is -6.65. The molecular weight excluding hydrogens is 599 g/mol. The quantitative estimate of drug-likeness (QED) is 0.183. The van der Waals surface area contributed by atoms with Crippen LogP contribution in [0.3, 0.4) is 0 Å². The number of aromatic nitrogens is 3. The molecule has 0 fully saturated rings. The Morgan fingerprint density at radius 1 is 0.388 bits per heavy atom. The predicted molar refractivity (Wildman–Crippen MR) is 200 cm³/mol. The molecule has 0 aliphatic rings. The van der Waals surface area contributed by atoms with Gasteiger partial charge in [-0.15, -0.1) is 0 Å². The molecule has 0 saturated heterocycles. The van der Waals surface area contributed by atoms with Gasteiger partial charge >= 0.3 is 0 Å². The van der Waals surface area contributed by atoms with Gasteiger partial charge in [-0.25, -0.2) is 15.0 Å². The first-order valence-electron chi connectivity index (χ1n) is 18.5. The van der Waals surface area contributed by atoms with Crippen molar-refractivity contribution in [1.29, 1.82) is 0 Å². The van der Waals surface area contributed by atoms with Gasteiger partial charge in [-0.2, -0.15) is 0 Å². The lowest BCUT2D eigenvalue weighted by Gasteiger charge is -2.12. The fraction of sp³-hybridized carbons (Fsp3) is 0. The molecule has 0 saturated carbocycles. The van der Waals surface area contributed by atoms with Crippen LogP contribution >= 0.6 is 0 Å². The monoisotopic (exact) mass is 632 g/mol. The first-order chi connectivity index (χ1) is 26.4. The van der Waals surface area contributed by atoms with Crippen LogP contribution in [0.5, 0.6) is 0 Å². The largest absolute Gasteiger partial charge is 0.456 e. The average molecular weight is 633 g/mol. The first kappa shape index (κ1) is 23.6. The fourth-order valence-electron chi connectivity index (χ4n) is 6.30. The summed E-state index contributed by atoms with van der Waals surface area (Å²) in [6, 6.07) is 45.9. The van der Waals surface area contributed by atoms with Gasteiger partial charge < -0.3 is 4.42 Å². The van der Waals surface area contributed by atoms with Gasteiger partial charge in [-0.3, -0.25) is 0 Å². The zero-order valence-corrected chi connectivity index (χ0v) is 26.1. The van der Waals surface area contributed by atoms with Crippen LogP contribution in [0, 0.1) is 0 Å². The van der Waals surface area contributed by atoms with E-state index in [1.54, 1.807) is 12.1 Å². The maximum atomic E-state index is 8.64. The molecule has 0 radical (unpaired) electrons. The van der Waals surface area contributed by atoms with Crippen molar-refractivity contribution in [2.75, 3.05) is 0 Å². The second-order valence-electron chi connectivity index (χ2n) is 11.7. The molecule has 0 N–H and O–H groups in total. The van der Waals surface area contributed by atoms with Gasteiger partial charge in [-0.05, 0) is 51.6 Å². The van der Waals surface area contributed by atoms with Gasteiger partial charge in [0.05, 0.1) is 6.85 Å². The summed E-state index contributed by atoms with van der Waals surface area (Å²) in [4.78, 5) is 15.1. The molecule has 0 unspecified atom stereocenters. The highest BCUT2D eigenvalue weighted by Crippen LogP contribution is 2.39. The minimum atomic E-state index is -0.433. The highest BCUT2D eigenvalue weighted by Gasteiger charge is 2.18. The molecule has 0 spiro atoms. The number of hydrogen-bond acceptors (Lipinski definition) is 4. The molecule has 4 heteroatoms. The number of fused-ring (bicyclic) bond motifs is 3. The number of furan rings is 1. The molecule has 2 heterocycles. The Labute approximate surface area is 291 Å². The van der Waals surface area contributed by atoms with E-state index in [0.29, 0.717) is 45.2 Å². The van der Waals surface area contributed by atoms with Gasteiger partial charge in [0.1, 0.15) is 11.2 Å². The van der Waals surface area contributed by atoms with Crippen molar-refractivity contribution in [1.82, 2.24) is 15.0 Å². The topological polar surface area (TPSA) is 51.8 Å². The highest BCUT2D eigenvalue weighted by atomic mass is 16.3. The summed E-state index contributed by atoms with van der Waals surface area (Å²) in [7, 11) is 0. The van der Waals surface area contributed by atoms with Crippen molar-refractivity contribution in [3.05, 3.63) is 176 Å². The standard InChI is InChI=1S/C45H29N3O/c1-4-13-30(14-5-1)31-23-25-34(26-24-31)43-46-44(48-45(47-43)38-20-11-10-19-36(38)32-15-6-2-7-16-32)35-27-28-39-41(29-35)49-40-22-12-21-37(42(39)40)33-17-8-3-9-18-33/h1-29H/i3D,8D,9D,17D,18D. The van der Waals surface area contributed by atoms with Crippen LogP contribution in [0.1, 0.15) is 6.85 Å². The van der Waals surface area contributed by atoms with Crippen molar-refractivity contribution in [2.45, 2.75) is 0 Å². The van der Waals surface area contributed by atoms with Crippen molar-refractivity contribution < 1.29 is 11.3 Å². The highest BCUT2D eigenvalue weighted by molar-refractivity contribution is 6.13. The van der Waals surface area contributed by atoms with E-state index < -0.39 is 6.04 Å². The lowest BCUT2D eigenvalue weighted by Crippen LogP contribution is -2.01. The van der Waals surface area contributed by atoms with E-state index in [2.05, 4.69) is 42.5 Å². The second kappa shape index (κ2) is 12.2. The van der Waals surface area contributed by atoms with E-state index in [0.717, 1.165) is 38.8 Å². The van der Waals surface area contributed by atoms with Crippen LogP contribution in [0.4, 0.5) is 0 Å². The number of nitrogens with zero attached hydrogens (tertiary/aromatic N) is 3. The fourth-order valence-corrected chi connectivity index (χ4v) is 6.30.